The number of hydrogen-bond acceptors (Lipinski definition) is 4. The van der Waals surface area contributed by atoms with Gasteiger partial charge in [-0.25, -0.2) is 9.97 Å². The van der Waals surface area contributed by atoms with Gasteiger partial charge in [-0.15, -0.1) is 0 Å². The Morgan fingerprint density at radius 2 is 1.25 bits per heavy atom. The van der Waals surface area contributed by atoms with Crippen molar-refractivity contribution in [2.45, 2.75) is 31.3 Å². The molecule has 0 saturated heterocycles. The van der Waals surface area contributed by atoms with Crippen molar-refractivity contribution in [1.82, 2.24) is 9.97 Å². The molecule has 4 rings (SSSR count). The highest BCUT2D eigenvalue weighted by atomic mass is 32.2. The molecule has 160 valence electrons. The van der Waals surface area contributed by atoms with Crippen molar-refractivity contribution in [3.8, 4) is 22.5 Å². The highest BCUT2D eigenvalue weighted by Gasteiger charge is 2.15. The van der Waals surface area contributed by atoms with E-state index in [1.54, 1.807) is 0 Å². The molecule has 0 bridgehead atoms. The van der Waals surface area contributed by atoms with Gasteiger partial charge in [-0.1, -0.05) is 117 Å². The van der Waals surface area contributed by atoms with E-state index in [2.05, 4.69) is 20.8 Å². The van der Waals surface area contributed by atoms with E-state index in [0.717, 1.165) is 22.5 Å². The van der Waals surface area contributed by atoms with E-state index in [4.69, 9.17) is 9.97 Å². The molecule has 0 N–H and O–H groups in total. The first kappa shape index (κ1) is 22.0. The standard InChI is InChI=1S/C28H26N2OS/c1-28(2,3)23-16-14-22(15-17-23)26(31)19-32-27-29-24(20-10-6-4-7-11-20)18-25(30-27)21-12-8-5-9-13-21/h4-18H,19H2,1-3H3. The summed E-state index contributed by atoms with van der Waals surface area (Å²) < 4.78 is 0. The molecule has 1 aromatic heterocycles. The molecule has 0 atom stereocenters. The first-order chi connectivity index (χ1) is 15.4. The van der Waals surface area contributed by atoms with Crippen LogP contribution in [0.3, 0.4) is 0 Å². The minimum Gasteiger partial charge on any atom is -0.293 e. The SMILES string of the molecule is CC(C)(C)c1ccc(C(=O)CSc2nc(-c3ccccc3)cc(-c3ccccc3)n2)cc1. The van der Waals surface area contributed by atoms with E-state index in [0.29, 0.717) is 16.5 Å². The number of Topliss-reactive ketones (excluding diaryl/α,β-unsaturated/α-hetero) is 1. The Balaban J connectivity index is 1.58. The van der Waals surface area contributed by atoms with E-state index < -0.39 is 0 Å². The lowest BCUT2D eigenvalue weighted by molar-refractivity contribution is 0.102. The van der Waals surface area contributed by atoms with E-state index in [1.807, 2.05) is 91.0 Å². The molecule has 4 heteroatoms. The van der Waals surface area contributed by atoms with E-state index in [-0.39, 0.29) is 11.2 Å². The van der Waals surface area contributed by atoms with Gasteiger partial charge in [0.15, 0.2) is 10.9 Å². The Labute approximate surface area is 194 Å². The van der Waals surface area contributed by atoms with Crippen LogP contribution in [0.2, 0.25) is 0 Å². The maximum absolute atomic E-state index is 12.8. The second-order valence-electron chi connectivity index (χ2n) is 8.69. The van der Waals surface area contributed by atoms with Crippen LogP contribution in [0.15, 0.2) is 96.2 Å². The highest BCUT2D eigenvalue weighted by Crippen LogP contribution is 2.28. The van der Waals surface area contributed by atoms with Crippen LogP contribution in [-0.4, -0.2) is 21.5 Å². The summed E-state index contributed by atoms with van der Waals surface area (Å²) in [6.45, 7) is 6.50. The number of hydrogen-bond donors (Lipinski definition) is 0. The Bertz CT molecular complexity index is 1140. The lowest BCUT2D eigenvalue weighted by Gasteiger charge is -2.18. The summed E-state index contributed by atoms with van der Waals surface area (Å²) in [4.78, 5) is 22.3. The Morgan fingerprint density at radius 3 is 1.72 bits per heavy atom. The molecule has 0 aliphatic rings. The van der Waals surface area contributed by atoms with Gasteiger partial charge in [-0.2, -0.15) is 0 Å². The van der Waals surface area contributed by atoms with Gasteiger partial charge in [-0.3, -0.25) is 4.79 Å². The third kappa shape index (κ3) is 5.32. The summed E-state index contributed by atoms with van der Waals surface area (Å²) in [6, 6.07) is 30.0. The smallest absolute Gasteiger partial charge is 0.189 e. The van der Waals surface area contributed by atoms with Crippen LogP contribution < -0.4 is 0 Å². The fourth-order valence-corrected chi connectivity index (χ4v) is 4.13. The van der Waals surface area contributed by atoms with E-state index in [9.17, 15) is 4.79 Å². The Hall–Kier alpha value is -3.24. The zero-order chi connectivity index (χ0) is 22.6. The van der Waals surface area contributed by atoms with Gasteiger partial charge in [-0.05, 0) is 17.0 Å². The highest BCUT2D eigenvalue weighted by molar-refractivity contribution is 7.99. The van der Waals surface area contributed by atoms with Crippen LogP contribution in [0.1, 0.15) is 36.7 Å². The van der Waals surface area contributed by atoms with Crippen LogP contribution in [0.5, 0.6) is 0 Å². The fraction of sp³-hybridized carbons (Fsp3) is 0.179. The van der Waals surface area contributed by atoms with E-state index in [1.165, 1.54) is 17.3 Å². The number of aromatic nitrogens is 2. The summed E-state index contributed by atoms with van der Waals surface area (Å²) in [7, 11) is 0. The summed E-state index contributed by atoms with van der Waals surface area (Å²) in [5.41, 5.74) is 5.75. The quantitative estimate of drug-likeness (QED) is 0.183. The average molecular weight is 439 g/mol. The predicted molar refractivity (Wildman–Crippen MR) is 133 cm³/mol. The van der Waals surface area contributed by atoms with Crippen LogP contribution in [0, 0.1) is 0 Å². The van der Waals surface area contributed by atoms with Gasteiger partial charge in [0.1, 0.15) is 0 Å². The molecular weight excluding hydrogens is 412 g/mol. The summed E-state index contributed by atoms with van der Waals surface area (Å²) in [5.74, 6) is 0.367. The van der Waals surface area contributed by atoms with Gasteiger partial charge in [0, 0.05) is 16.7 Å². The van der Waals surface area contributed by atoms with Gasteiger partial charge < -0.3 is 0 Å². The van der Waals surface area contributed by atoms with Gasteiger partial charge in [0.2, 0.25) is 0 Å². The van der Waals surface area contributed by atoms with Crippen molar-refractivity contribution >= 4 is 17.5 Å². The molecule has 0 radical (unpaired) electrons. The molecule has 0 aliphatic heterocycles. The van der Waals surface area contributed by atoms with E-state index >= 15 is 0 Å². The molecule has 0 saturated carbocycles. The van der Waals surface area contributed by atoms with Crippen LogP contribution >= 0.6 is 11.8 Å². The first-order valence-electron chi connectivity index (χ1n) is 10.7. The number of thioether (sulfide) groups is 1. The summed E-state index contributed by atoms with van der Waals surface area (Å²) in [6.07, 6.45) is 0. The Morgan fingerprint density at radius 1 is 0.750 bits per heavy atom. The number of carbonyl (C=O) groups excluding carboxylic acids is 1. The average Bonchev–Trinajstić information content (AvgIpc) is 2.83. The maximum atomic E-state index is 12.8. The van der Waals surface area contributed by atoms with Crippen LogP contribution in [-0.2, 0) is 5.41 Å². The van der Waals surface area contributed by atoms with Gasteiger partial charge in [0.25, 0.3) is 0 Å². The van der Waals surface area contributed by atoms with Crippen LogP contribution in [0.4, 0.5) is 0 Å². The lowest BCUT2D eigenvalue weighted by atomic mass is 9.86. The number of ketones is 1. The second-order valence-corrected chi connectivity index (χ2v) is 9.63. The molecule has 3 nitrogen and oxygen atoms in total. The zero-order valence-electron chi connectivity index (χ0n) is 18.6. The largest absolute Gasteiger partial charge is 0.293 e. The molecular formula is C28H26N2OS. The van der Waals surface area contributed by atoms with Crippen molar-refractivity contribution in [3.05, 3.63) is 102 Å². The van der Waals surface area contributed by atoms with Crippen LogP contribution in [0.25, 0.3) is 22.5 Å². The summed E-state index contributed by atoms with van der Waals surface area (Å²) >= 11 is 1.38. The minimum absolute atomic E-state index is 0.0654. The first-order valence-corrected chi connectivity index (χ1v) is 11.7. The maximum Gasteiger partial charge on any atom is 0.189 e. The predicted octanol–water partition coefficient (Wildman–Crippen LogP) is 7.08. The van der Waals surface area contributed by atoms with Crippen molar-refractivity contribution in [2.24, 2.45) is 0 Å². The van der Waals surface area contributed by atoms with Gasteiger partial charge in [0.05, 0.1) is 17.1 Å². The van der Waals surface area contributed by atoms with Crippen molar-refractivity contribution in [3.63, 3.8) is 0 Å². The van der Waals surface area contributed by atoms with Crippen molar-refractivity contribution in [2.75, 3.05) is 5.75 Å². The number of carbonyl (C=O) groups is 1. The normalized spacial score (nSPS) is 11.3. The third-order valence-corrected chi connectivity index (χ3v) is 6.10. The topological polar surface area (TPSA) is 42.9 Å². The summed E-state index contributed by atoms with van der Waals surface area (Å²) in [5, 5.41) is 0.602. The van der Waals surface area contributed by atoms with Crippen molar-refractivity contribution < 1.29 is 4.79 Å². The molecule has 0 amide bonds. The molecule has 0 fully saturated rings. The number of nitrogens with zero attached hydrogens (tertiary/aromatic N) is 2. The van der Waals surface area contributed by atoms with Crippen molar-refractivity contribution in [1.29, 1.82) is 0 Å². The Kier molecular flexibility index (Phi) is 6.52. The lowest BCUT2D eigenvalue weighted by Crippen LogP contribution is -2.11. The number of rotatable bonds is 6. The zero-order valence-corrected chi connectivity index (χ0v) is 19.4. The molecule has 3 aromatic carbocycles. The molecule has 32 heavy (non-hydrogen) atoms. The third-order valence-electron chi connectivity index (χ3n) is 5.25. The molecule has 0 aliphatic carbocycles. The fourth-order valence-electron chi connectivity index (χ4n) is 3.37. The number of benzene rings is 3. The molecule has 0 spiro atoms. The molecule has 0 unspecified atom stereocenters. The van der Waals surface area contributed by atoms with Gasteiger partial charge >= 0.3 is 0 Å². The molecule has 1 heterocycles. The monoisotopic (exact) mass is 438 g/mol. The minimum atomic E-state index is 0.0654. The molecule has 4 aromatic rings. The second kappa shape index (κ2) is 9.49.